The molecule has 19 heavy (non-hydrogen) atoms. The molecule has 1 aliphatic rings. The molecule has 1 fully saturated rings. The highest BCUT2D eigenvalue weighted by molar-refractivity contribution is 5.18. The Bertz CT molecular complexity index is 418. The molecule has 5 nitrogen and oxygen atoms in total. The molecule has 5 heteroatoms. The fourth-order valence-electron chi connectivity index (χ4n) is 2.17. The standard InChI is InChI=1S/C14H19N3O2/c15-17-16-10-6-2-5-9-14-18-11-13(19-14)12-7-3-1-4-8-12/h1,3-4,7-8,13-14H,2,5-6,9-11H2. The van der Waals surface area contributed by atoms with Crippen LogP contribution in [0.15, 0.2) is 35.4 Å². The first-order chi connectivity index (χ1) is 9.40. The second-order valence-corrected chi connectivity index (χ2v) is 4.60. The van der Waals surface area contributed by atoms with E-state index >= 15 is 0 Å². The summed E-state index contributed by atoms with van der Waals surface area (Å²) in [5.74, 6) is 0. The third kappa shape index (κ3) is 4.56. The summed E-state index contributed by atoms with van der Waals surface area (Å²) in [6.45, 7) is 1.21. The van der Waals surface area contributed by atoms with E-state index in [2.05, 4.69) is 22.2 Å². The van der Waals surface area contributed by atoms with E-state index in [9.17, 15) is 0 Å². The van der Waals surface area contributed by atoms with Gasteiger partial charge in [0.1, 0.15) is 6.10 Å². The van der Waals surface area contributed by atoms with Crippen LogP contribution in [0.1, 0.15) is 37.4 Å². The van der Waals surface area contributed by atoms with Crippen LogP contribution in [0.5, 0.6) is 0 Å². The van der Waals surface area contributed by atoms with Crippen molar-refractivity contribution in [2.24, 2.45) is 5.11 Å². The smallest absolute Gasteiger partial charge is 0.158 e. The first kappa shape index (κ1) is 13.9. The topological polar surface area (TPSA) is 67.2 Å². The van der Waals surface area contributed by atoms with Gasteiger partial charge < -0.3 is 9.47 Å². The number of benzene rings is 1. The number of ether oxygens (including phenoxy) is 2. The van der Waals surface area contributed by atoms with Gasteiger partial charge in [-0.05, 0) is 30.4 Å². The van der Waals surface area contributed by atoms with Crippen molar-refractivity contribution < 1.29 is 9.47 Å². The maximum atomic E-state index is 8.15. The van der Waals surface area contributed by atoms with Crippen molar-refractivity contribution in [2.45, 2.75) is 38.1 Å². The van der Waals surface area contributed by atoms with Gasteiger partial charge in [-0.1, -0.05) is 41.9 Å². The summed E-state index contributed by atoms with van der Waals surface area (Å²) in [5.41, 5.74) is 9.33. The Morgan fingerprint density at radius 1 is 1.21 bits per heavy atom. The summed E-state index contributed by atoms with van der Waals surface area (Å²) in [6.07, 6.45) is 3.88. The van der Waals surface area contributed by atoms with Crippen LogP contribution in [0.25, 0.3) is 10.4 Å². The Morgan fingerprint density at radius 2 is 2.05 bits per heavy atom. The number of nitrogens with zero attached hydrogens (tertiary/aromatic N) is 3. The number of rotatable bonds is 7. The molecule has 0 radical (unpaired) electrons. The summed E-state index contributed by atoms with van der Waals surface area (Å²) in [5, 5.41) is 3.51. The third-order valence-electron chi connectivity index (χ3n) is 3.18. The summed E-state index contributed by atoms with van der Waals surface area (Å²) in [6, 6.07) is 10.2. The van der Waals surface area contributed by atoms with Crippen molar-refractivity contribution in [3.05, 3.63) is 46.3 Å². The average molecular weight is 261 g/mol. The van der Waals surface area contributed by atoms with Crippen LogP contribution < -0.4 is 0 Å². The molecule has 0 spiro atoms. The van der Waals surface area contributed by atoms with Crippen LogP contribution in [0.3, 0.4) is 0 Å². The molecule has 0 bridgehead atoms. The first-order valence-corrected chi connectivity index (χ1v) is 6.73. The molecule has 1 heterocycles. The maximum absolute atomic E-state index is 8.15. The van der Waals surface area contributed by atoms with E-state index in [0.717, 1.165) is 25.7 Å². The highest BCUT2D eigenvalue weighted by atomic mass is 16.7. The minimum atomic E-state index is -0.0929. The van der Waals surface area contributed by atoms with Gasteiger partial charge in [0.05, 0.1) is 6.61 Å². The van der Waals surface area contributed by atoms with E-state index < -0.39 is 0 Å². The van der Waals surface area contributed by atoms with Gasteiger partial charge in [-0.25, -0.2) is 0 Å². The van der Waals surface area contributed by atoms with Crippen molar-refractivity contribution in [3.8, 4) is 0 Å². The average Bonchev–Trinajstić information content (AvgIpc) is 2.92. The summed E-state index contributed by atoms with van der Waals surface area (Å²) in [7, 11) is 0. The van der Waals surface area contributed by atoms with Gasteiger partial charge in [0.2, 0.25) is 0 Å². The highest BCUT2D eigenvalue weighted by Gasteiger charge is 2.26. The first-order valence-electron chi connectivity index (χ1n) is 6.73. The van der Waals surface area contributed by atoms with Crippen molar-refractivity contribution in [3.63, 3.8) is 0 Å². The monoisotopic (exact) mass is 261 g/mol. The highest BCUT2D eigenvalue weighted by Crippen LogP contribution is 2.28. The Hall–Kier alpha value is -1.55. The van der Waals surface area contributed by atoms with Gasteiger partial charge in [0, 0.05) is 11.5 Å². The lowest BCUT2D eigenvalue weighted by Gasteiger charge is -2.11. The molecule has 0 amide bonds. The predicted molar refractivity (Wildman–Crippen MR) is 72.5 cm³/mol. The molecule has 2 rings (SSSR count). The fraction of sp³-hybridized carbons (Fsp3) is 0.571. The van der Waals surface area contributed by atoms with E-state index in [4.69, 9.17) is 15.0 Å². The molecule has 1 aromatic carbocycles. The molecule has 102 valence electrons. The van der Waals surface area contributed by atoms with Crippen LogP contribution in [0.2, 0.25) is 0 Å². The van der Waals surface area contributed by atoms with Crippen LogP contribution >= 0.6 is 0 Å². The summed E-state index contributed by atoms with van der Waals surface area (Å²) < 4.78 is 11.5. The number of hydrogen-bond acceptors (Lipinski definition) is 3. The molecular weight excluding hydrogens is 242 g/mol. The predicted octanol–water partition coefficient (Wildman–Crippen LogP) is 3.97. The largest absolute Gasteiger partial charge is 0.350 e. The minimum Gasteiger partial charge on any atom is -0.350 e. The van der Waals surface area contributed by atoms with Crippen molar-refractivity contribution in [1.82, 2.24) is 0 Å². The lowest BCUT2D eigenvalue weighted by atomic mass is 10.1. The van der Waals surface area contributed by atoms with E-state index in [0.29, 0.717) is 13.2 Å². The lowest BCUT2D eigenvalue weighted by molar-refractivity contribution is -0.0637. The van der Waals surface area contributed by atoms with Crippen molar-refractivity contribution in [2.75, 3.05) is 13.2 Å². The van der Waals surface area contributed by atoms with E-state index in [1.54, 1.807) is 0 Å². The molecule has 0 aromatic heterocycles. The second kappa shape index (κ2) is 7.79. The minimum absolute atomic E-state index is 0.0642. The quantitative estimate of drug-likeness (QED) is 0.322. The Labute approximate surface area is 113 Å². The molecule has 0 aliphatic carbocycles. The van der Waals surface area contributed by atoms with Crippen LogP contribution in [-0.4, -0.2) is 19.4 Å². The summed E-state index contributed by atoms with van der Waals surface area (Å²) >= 11 is 0. The zero-order valence-corrected chi connectivity index (χ0v) is 10.9. The Kier molecular flexibility index (Phi) is 5.69. The molecule has 0 saturated carbocycles. The number of azide groups is 1. The zero-order chi connectivity index (χ0) is 13.3. The van der Waals surface area contributed by atoms with E-state index in [1.807, 2.05) is 18.2 Å². The van der Waals surface area contributed by atoms with Crippen LogP contribution in [0, 0.1) is 0 Å². The second-order valence-electron chi connectivity index (χ2n) is 4.60. The normalized spacial score (nSPS) is 22.1. The van der Waals surface area contributed by atoms with Gasteiger partial charge >= 0.3 is 0 Å². The summed E-state index contributed by atoms with van der Waals surface area (Å²) in [4.78, 5) is 2.73. The lowest BCUT2D eigenvalue weighted by Crippen LogP contribution is -2.07. The van der Waals surface area contributed by atoms with Crippen molar-refractivity contribution in [1.29, 1.82) is 0 Å². The van der Waals surface area contributed by atoms with Crippen molar-refractivity contribution >= 4 is 0 Å². The Morgan fingerprint density at radius 3 is 2.84 bits per heavy atom. The molecule has 0 N–H and O–H groups in total. The van der Waals surface area contributed by atoms with E-state index in [1.165, 1.54) is 5.56 Å². The Balaban J connectivity index is 1.64. The maximum Gasteiger partial charge on any atom is 0.158 e. The molecule has 2 atom stereocenters. The SMILES string of the molecule is [N-]=[N+]=NCCCCCC1OCC(c2ccccc2)O1. The molecule has 2 unspecified atom stereocenters. The molecule has 1 aromatic rings. The zero-order valence-electron chi connectivity index (χ0n) is 10.9. The fourth-order valence-corrected chi connectivity index (χ4v) is 2.17. The molecular formula is C14H19N3O2. The number of unbranched alkanes of at least 4 members (excludes halogenated alkanes) is 2. The van der Waals surface area contributed by atoms with Crippen LogP contribution in [-0.2, 0) is 9.47 Å². The van der Waals surface area contributed by atoms with Gasteiger partial charge in [-0.2, -0.15) is 0 Å². The van der Waals surface area contributed by atoms with Gasteiger partial charge in [-0.15, -0.1) is 0 Å². The van der Waals surface area contributed by atoms with Gasteiger partial charge in [-0.3, -0.25) is 0 Å². The van der Waals surface area contributed by atoms with E-state index in [-0.39, 0.29) is 12.4 Å². The number of hydrogen-bond donors (Lipinski definition) is 0. The van der Waals surface area contributed by atoms with Gasteiger partial charge in [0.25, 0.3) is 0 Å². The third-order valence-corrected chi connectivity index (χ3v) is 3.18. The van der Waals surface area contributed by atoms with Gasteiger partial charge in [0.15, 0.2) is 6.29 Å². The molecule has 1 saturated heterocycles. The van der Waals surface area contributed by atoms with Crippen LogP contribution in [0.4, 0.5) is 0 Å². The molecule has 1 aliphatic heterocycles.